The Morgan fingerprint density at radius 1 is 1.35 bits per heavy atom. The third kappa shape index (κ3) is 2.66. The highest BCUT2D eigenvalue weighted by molar-refractivity contribution is 7.20. The van der Waals surface area contributed by atoms with Gasteiger partial charge in [-0.3, -0.25) is 4.98 Å². The van der Waals surface area contributed by atoms with Crippen LogP contribution in [0.5, 0.6) is 0 Å². The van der Waals surface area contributed by atoms with Gasteiger partial charge in [-0.15, -0.1) is 5.10 Å². The summed E-state index contributed by atoms with van der Waals surface area (Å²) < 4.78 is 6.76. The lowest BCUT2D eigenvalue weighted by molar-refractivity contribution is 0.387. The highest BCUT2D eigenvalue weighted by atomic mass is 32.1. The van der Waals surface area contributed by atoms with Crippen LogP contribution in [-0.4, -0.2) is 36.8 Å². The molecule has 0 unspecified atom stereocenters. The van der Waals surface area contributed by atoms with E-state index in [2.05, 4.69) is 25.2 Å². The smallest absolute Gasteiger partial charge is 0.223 e. The Morgan fingerprint density at radius 2 is 2.26 bits per heavy atom. The van der Waals surface area contributed by atoms with Crippen molar-refractivity contribution in [3.63, 3.8) is 0 Å². The third-order valence-electron chi connectivity index (χ3n) is 3.26. The van der Waals surface area contributed by atoms with Crippen molar-refractivity contribution in [2.45, 2.75) is 13.5 Å². The molecule has 0 saturated carbocycles. The molecule has 4 heterocycles. The summed E-state index contributed by atoms with van der Waals surface area (Å²) in [5, 5.41) is 9.29. The Bertz CT molecular complexity index is 911. The molecule has 0 aromatic carbocycles. The predicted molar refractivity (Wildman–Crippen MR) is 85.2 cm³/mol. The Balaban J connectivity index is 1.58. The van der Waals surface area contributed by atoms with Crippen LogP contribution in [0, 0.1) is 6.92 Å². The van der Waals surface area contributed by atoms with Gasteiger partial charge in [0.2, 0.25) is 16.0 Å². The number of imidazole rings is 1. The van der Waals surface area contributed by atoms with Crippen LogP contribution in [-0.2, 0) is 6.54 Å². The quantitative estimate of drug-likeness (QED) is 0.568. The highest BCUT2D eigenvalue weighted by Gasteiger charge is 2.14. The number of hydrogen-bond acceptors (Lipinski definition) is 8. The fourth-order valence-corrected chi connectivity index (χ4v) is 3.03. The molecular formula is C14H13N7OS. The van der Waals surface area contributed by atoms with E-state index in [0.717, 1.165) is 21.3 Å². The minimum Gasteiger partial charge on any atom is -0.342 e. The molecule has 116 valence electrons. The average Bonchev–Trinajstić information content (AvgIpc) is 3.22. The standard InChI is InChI=1S/C14H13N7OS/c1-9-16-12(19-22-9)8-20(2)14-18-21-7-11(17-13(21)23-14)10-4-3-5-15-6-10/h3-7H,8H2,1-2H3. The lowest BCUT2D eigenvalue weighted by Crippen LogP contribution is -2.17. The van der Waals surface area contributed by atoms with Crippen LogP contribution < -0.4 is 4.90 Å². The predicted octanol–water partition coefficient (Wildman–Crippen LogP) is 2.18. The minimum atomic E-state index is 0.531. The average molecular weight is 327 g/mol. The van der Waals surface area contributed by atoms with Crippen LogP contribution in [0.1, 0.15) is 11.7 Å². The van der Waals surface area contributed by atoms with E-state index >= 15 is 0 Å². The van der Waals surface area contributed by atoms with Crippen molar-refractivity contribution in [1.82, 2.24) is 29.7 Å². The van der Waals surface area contributed by atoms with Crippen LogP contribution in [0.2, 0.25) is 0 Å². The Hall–Kier alpha value is -2.81. The first-order valence-corrected chi connectivity index (χ1v) is 7.77. The van der Waals surface area contributed by atoms with Gasteiger partial charge in [0.05, 0.1) is 18.4 Å². The maximum absolute atomic E-state index is 4.98. The van der Waals surface area contributed by atoms with E-state index in [1.165, 1.54) is 11.3 Å². The largest absolute Gasteiger partial charge is 0.342 e. The molecule has 4 aromatic rings. The molecule has 0 saturated heterocycles. The second kappa shape index (κ2) is 5.43. The monoisotopic (exact) mass is 327 g/mol. The SMILES string of the molecule is Cc1nc(CN(C)c2nn3cc(-c4cccnc4)nc3s2)no1. The molecule has 0 spiro atoms. The Labute approximate surface area is 135 Å². The molecule has 0 radical (unpaired) electrons. The normalized spacial score (nSPS) is 11.2. The molecule has 0 aliphatic heterocycles. The lowest BCUT2D eigenvalue weighted by Gasteiger charge is -2.11. The van der Waals surface area contributed by atoms with Crippen molar-refractivity contribution in [2.75, 3.05) is 11.9 Å². The van der Waals surface area contributed by atoms with E-state index in [0.29, 0.717) is 18.3 Å². The zero-order valence-electron chi connectivity index (χ0n) is 12.5. The summed E-state index contributed by atoms with van der Waals surface area (Å²) in [4.78, 5) is 15.7. The molecule has 9 heteroatoms. The third-order valence-corrected chi connectivity index (χ3v) is 4.30. The summed E-state index contributed by atoms with van der Waals surface area (Å²) in [6.07, 6.45) is 5.43. The van der Waals surface area contributed by atoms with E-state index < -0.39 is 0 Å². The fraction of sp³-hybridized carbons (Fsp3) is 0.214. The van der Waals surface area contributed by atoms with Crippen LogP contribution in [0.25, 0.3) is 16.2 Å². The van der Waals surface area contributed by atoms with Crippen LogP contribution in [0.15, 0.2) is 35.2 Å². The first-order valence-electron chi connectivity index (χ1n) is 6.96. The van der Waals surface area contributed by atoms with E-state index in [4.69, 9.17) is 4.52 Å². The van der Waals surface area contributed by atoms with Gasteiger partial charge in [0.25, 0.3) is 0 Å². The molecule has 0 bridgehead atoms. The number of aromatic nitrogens is 6. The van der Waals surface area contributed by atoms with Gasteiger partial charge in [0.15, 0.2) is 5.82 Å². The van der Waals surface area contributed by atoms with E-state index in [-0.39, 0.29) is 0 Å². The second-order valence-corrected chi connectivity index (χ2v) is 6.00. The summed E-state index contributed by atoms with van der Waals surface area (Å²) in [6.45, 7) is 2.30. The van der Waals surface area contributed by atoms with Gasteiger partial charge in [-0.25, -0.2) is 9.50 Å². The summed E-state index contributed by atoms with van der Waals surface area (Å²) in [5.41, 5.74) is 1.84. The topological polar surface area (TPSA) is 85.2 Å². The molecule has 23 heavy (non-hydrogen) atoms. The van der Waals surface area contributed by atoms with Gasteiger partial charge in [-0.05, 0) is 12.1 Å². The number of pyridine rings is 1. The van der Waals surface area contributed by atoms with Gasteiger partial charge in [-0.1, -0.05) is 16.5 Å². The molecule has 0 fully saturated rings. The molecule has 0 atom stereocenters. The van der Waals surface area contributed by atoms with Gasteiger partial charge in [0, 0.05) is 31.9 Å². The lowest BCUT2D eigenvalue weighted by atomic mass is 10.2. The van der Waals surface area contributed by atoms with Gasteiger partial charge in [-0.2, -0.15) is 4.98 Å². The minimum absolute atomic E-state index is 0.531. The number of nitrogens with zero attached hydrogens (tertiary/aromatic N) is 7. The fourth-order valence-electron chi connectivity index (χ4n) is 2.18. The maximum atomic E-state index is 4.98. The molecule has 0 aliphatic rings. The molecular weight excluding hydrogens is 314 g/mol. The molecule has 4 rings (SSSR count). The second-order valence-electron chi connectivity index (χ2n) is 5.07. The van der Waals surface area contributed by atoms with E-state index in [1.807, 2.05) is 30.3 Å². The van der Waals surface area contributed by atoms with Crippen LogP contribution >= 0.6 is 11.3 Å². The molecule has 4 aromatic heterocycles. The van der Waals surface area contributed by atoms with Crippen molar-refractivity contribution >= 4 is 21.4 Å². The van der Waals surface area contributed by atoms with Crippen LogP contribution in [0.3, 0.4) is 0 Å². The first-order chi connectivity index (χ1) is 11.2. The van der Waals surface area contributed by atoms with Gasteiger partial charge >= 0.3 is 0 Å². The Kier molecular flexibility index (Phi) is 3.27. The summed E-state index contributed by atoms with van der Waals surface area (Å²) in [6, 6.07) is 3.87. The zero-order valence-corrected chi connectivity index (χ0v) is 13.4. The molecule has 0 aliphatic carbocycles. The summed E-state index contributed by atoms with van der Waals surface area (Å²) in [7, 11) is 1.94. The van der Waals surface area contributed by atoms with Crippen molar-refractivity contribution in [3.8, 4) is 11.3 Å². The van der Waals surface area contributed by atoms with Crippen molar-refractivity contribution in [1.29, 1.82) is 0 Å². The number of aryl methyl sites for hydroxylation is 1. The Morgan fingerprint density at radius 3 is 2.96 bits per heavy atom. The molecule has 0 N–H and O–H groups in total. The summed E-state index contributed by atoms with van der Waals surface area (Å²) in [5.74, 6) is 1.19. The van der Waals surface area contributed by atoms with Crippen molar-refractivity contribution < 1.29 is 4.52 Å². The number of fused-ring (bicyclic) bond motifs is 1. The van der Waals surface area contributed by atoms with Gasteiger partial charge < -0.3 is 9.42 Å². The molecule has 8 nitrogen and oxygen atoms in total. The maximum Gasteiger partial charge on any atom is 0.223 e. The molecule has 0 amide bonds. The number of hydrogen-bond donors (Lipinski definition) is 0. The first kappa shape index (κ1) is 13.8. The van der Waals surface area contributed by atoms with E-state index in [9.17, 15) is 0 Å². The highest BCUT2D eigenvalue weighted by Crippen LogP contribution is 2.26. The number of anilines is 1. The van der Waals surface area contributed by atoms with Gasteiger partial charge in [0.1, 0.15) is 0 Å². The number of rotatable bonds is 4. The van der Waals surface area contributed by atoms with E-state index in [1.54, 1.807) is 23.8 Å². The van der Waals surface area contributed by atoms with Crippen molar-refractivity contribution in [3.05, 3.63) is 42.4 Å². The van der Waals surface area contributed by atoms with Crippen molar-refractivity contribution in [2.24, 2.45) is 0 Å². The zero-order chi connectivity index (χ0) is 15.8. The van der Waals surface area contributed by atoms with Crippen LogP contribution in [0.4, 0.5) is 5.13 Å². The summed E-state index contributed by atoms with van der Waals surface area (Å²) >= 11 is 1.51.